The summed E-state index contributed by atoms with van der Waals surface area (Å²) in [4.78, 5) is 28.2. The molecule has 0 atom stereocenters. The van der Waals surface area contributed by atoms with Crippen molar-refractivity contribution in [2.45, 2.75) is 19.4 Å². The van der Waals surface area contributed by atoms with E-state index >= 15 is 0 Å². The molecule has 1 aromatic heterocycles. The molecule has 1 aromatic carbocycles. The van der Waals surface area contributed by atoms with Gasteiger partial charge in [-0.05, 0) is 31.5 Å². The molecule has 0 aliphatic carbocycles. The van der Waals surface area contributed by atoms with Gasteiger partial charge in [-0.2, -0.15) is 0 Å². The number of likely N-dealkylation sites (tertiary alicyclic amines) is 1. The molecule has 0 bridgehead atoms. The highest BCUT2D eigenvalue weighted by molar-refractivity contribution is 7.13. The van der Waals surface area contributed by atoms with Gasteiger partial charge in [0.2, 0.25) is 0 Å². The molecule has 1 fully saturated rings. The highest BCUT2D eigenvalue weighted by atomic mass is 32.1. The lowest BCUT2D eigenvalue weighted by Crippen LogP contribution is -2.35. The highest BCUT2D eigenvalue weighted by Gasteiger charge is 2.24. The summed E-state index contributed by atoms with van der Waals surface area (Å²) in [7, 11) is 0. The minimum atomic E-state index is -1.01. The summed E-state index contributed by atoms with van der Waals surface area (Å²) in [6.07, 6.45) is 1.40. The standard InChI is InChI=1S/C17H18N2O4S/c20-16(21)13-5-7-19(8-6-13)9-11-1-3-12(4-2-11)15-18-14(10-24-15)17(22)23/h1-4,10,13H,5-9H2,(H,20,21)(H,22,23). The molecule has 2 N–H and O–H groups in total. The average Bonchev–Trinajstić information content (AvgIpc) is 3.06. The Morgan fingerprint density at radius 1 is 1.17 bits per heavy atom. The van der Waals surface area contributed by atoms with E-state index in [-0.39, 0.29) is 11.6 Å². The van der Waals surface area contributed by atoms with Crippen molar-refractivity contribution in [1.82, 2.24) is 9.88 Å². The van der Waals surface area contributed by atoms with Gasteiger partial charge < -0.3 is 10.2 Å². The lowest BCUT2D eigenvalue weighted by atomic mass is 9.97. The van der Waals surface area contributed by atoms with Crippen LogP contribution in [0.25, 0.3) is 10.6 Å². The molecule has 0 amide bonds. The molecule has 0 unspecified atom stereocenters. The van der Waals surface area contributed by atoms with E-state index < -0.39 is 11.9 Å². The Hall–Kier alpha value is -2.25. The van der Waals surface area contributed by atoms with E-state index in [1.165, 1.54) is 16.7 Å². The Morgan fingerprint density at radius 2 is 1.83 bits per heavy atom. The number of aromatic nitrogens is 1. The maximum atomic E-state index is 11.0. The second kappa shape index (κ2) is 7.11. The number of carboxylic acids is 2. The number of piperidine rings is 1. The summed E-state index contributed by atoms with van der Waals surface area (Å²) >= 11 is 1.32. The molecule has 2 aromatic rings. The lowest BCUT2D eigenvalue weighted by molar-refractivity contribution is -0.143. The number of aromatic carboxylic acids is 1. The van der Waals surface area contributed by atoms with Gasteiger partial charge in [-0.3, -0.25) is 9.69 Å². The fraction of sp³-hybridized carbons (Fsp3) is 0.353. The molecule has 0 saturated carbocycles. The number of aliphatic carboxylic acids is 1. The van der Waals surface area contributed by atoms with Crippen molar-refractivity contribution in [2.75, 3.05) is 13.1 Å². The summed E-state index contributed by atoms with van der Waals surface area (Å²) in [6.45, 7) is 2.39. The Balaban J connectivity index is 1.60. The third-order valence-electron chi connectivity index (χ3n) is 4.27. The highest BCUT2D eigenvalue weighted by Crippen LogP contribution is 2.25. The number of nitrogens with zero attached hydrogens (tertiary/aromatic N) is 2. The van der Waals surface area contributed by atoms with E-state index in [2.05, 4.69) is 9.88 Å². The maximum Gasteiger partial charge on any atom is 0.355 e. The van der Waals surface area contributed by atoms with Crippen LogP contribution in [0.4, 0.5) is 0 Å². The van der Waals surface area contributed by atoms with Gasteiger partial charge in [-0.15, -0.1) is 11.3 Å². The second-order valence-electron chi connectivity index (χ2n) is 5.93. The van der Waals surface area contributed by atoms with Gasteiger partial charge in [0.15, 0.2) is 5.69 Å². The van der Waals surface area contributed by atoms with Crippen molar-refractivity contribution in [3.8, 4) is 10.6 Å². The van der Waals surface area contributed by atoms with Crippen LogP contribution in [0.15, 0.2) is 29.6 Å². The van der Waals surface area contributed by atoms with Gasteiger partial charge in [0, 0.05) is 17.5 Å². The smallest absolute Gasteiger partial charge is 0.355 e. The monoisotopic (exact) mass is 346 g/mol. The molecule has 1 aliphatic rings. The minimum absolute atomic E-state index is 0.0698. The molecule has 1 aliphatic heterocycles. The molecule has 126 valence electrons. The van der Waals surface area contributed by atoms with Crippen LogP contribution < -0.4 is 0 Å². The Labute approximate surface area is 143 Å². The van der Waals surface area contributed by atoms with Gasteiger partial charge in [0.1, 0.15) is 5.01 Å². The van der Waals surface area contributed by atoms with E-state index in [0.717, 1.165) is 30.8 Å². The zero-order chi connectivity index (χ0) is 17.1. The van der Waals surface area contributed by atoms with E-state index in [9.17, 15) is 9.59 Å². The normalized spacial score (nSPS) is 16.2. The first-order valence-electron chi connectivity index (χ1n) is 7.76. The van der Waals surface area contributed by atoms with Gasteiger partial charge in [0.25, 0.3) is 0 Å². The molecule has 3 rings (SSSR count). The summed E-state index contributed by atoms with van der Waals surface area (Å²) in [6, 6.07) is 7.93. The fourth-order valence-corrected chi connectivity index (χ4v) is 3.65. The fourth-order valence-electron chi connectivity index (χ4n) is 2.85. The molecule has 2 heterocycles. The quantitative estimate of drug-likeness (QED) is 0.865. The van der Waals surface area contributed by atoms with Crippen molar-refractivity contribution >= 4 is 23.3 Å². The van der Waals surface area contributed by atoms with Crippen molar-refractivity contribution in [3.63, 3.8) is 0 Å². The Bertz CT molecular complexity index is 733. The van der Waals surface area contributed by atoms with Crippen LogP contribution in [0.5, 0.6) is 0 Å². The Kier molecular flexibility index (Phi) is 4.92. The number of carbonyl (C=O) groups is 2. The average molecular weight is 346 g/mol. The van der Waals surface area contributed by atoms with Gasteiger partial charge >= 0.3 is 11.9 Å². The predicted octanol–water partition coefficient (Wildman–Crippen LogP) is 2.80. The SMILES string of the molecule is O=C(O)c1csc(-c2ccc(CN3CCC(C(=O)O)CC3)cc2)n1. The molecule has 0 radical (unpaired) electrons. The molecular weight excluding hydrogens is 328 g/mol. The second-order valence-corrected chi connectivity index (χ2v) is 6.79. The number of hydrogen-bond donors (Lipinski definition) is 2. The topological polar surface area (TPSA) is 90.7 Å². The van der Waals surface area contributed by atoms with Crippen molar-refractivity contribution in [1.29, 1.82) is 0 Å². The van der Waals surface area contributed by atoms with Crippen LogP contribution in [0.2, 0.25) is 0 Å². The predicted molar refractivity (Wildman–Crippen MR) is 90.1 cm³/mol. The van der Waals surface area contributed by atoms with Crippen LogP contribution in [0.3, 0.4) is 0 Å². The largest absolute Gasteiger partial charge is 0.481 e. The molecule has 24 heavy (non-hydrogen) atoms. The number of hydrogen-bond acceptors (Lipinski definition) is 5. The van der Waals surface area contributed by atoms with Gasteiger partial charge in [0.05, 0.1) is 5.92 Å². The first-order chi connectivity index (χ1) is 11.5. The van der Waals surface area contributed by atoms with Crippen molar-refractivity contribution in [2.24, 2.45) is 5.92 Å². The minimum Gasteiger partial charge on any atom is -0.481 e. The first kappa shape index (κ1) is 16.6. The van der Waals surface area contributed by atoms with Gasteiger partial charge in [-0.25, -0.2) is 9.78 Å². The zero-order valence-corrected chi connectivity index (χ0v) is 13.8. The molecule has 7 heteroatoms. The van der Waals surface area contributed by atoms with Crippen molar-refractivity contribution in [3.05, 3.63) is 40.9 Å². The summed E-state index contributed by atoms with van der Waals surface area (Å²) in [5.41, 5.74) is 2.13. The number of benzene rings is 1. The summed E-state index contributed by atoms with van der Waals surface area (Å²) in [5.74, 6) is -1.92. The van der Waals surface area contributed by atoms with E-state index in [1.807, 2.05) is 24.3 Å². The van der Waals surface area contributed by atoms with Crippen LogP contribution in [0, 0.1) is 5.92 Å². The molecule has 0 spiro atoms. The third kappa shape index (κ3) is 3.80. The van der Waals surface area contributed by atoms with Crippen LogP contribution in [-0.4, -0.2) is 45.1 Å². The van der Waals surface area contributed by atoms with E-state index in [1.54, 1.807) is 0 Å². The molecular formula is C17H18N2O4S. The van der Waals surface area contributed by atoms with Crippen LogP contribution >= 0.6 is 11.3 Å². The van der Waals surface area contributed by atoms with E-state index in [4.69, 9.17) is 10.2 Å². The number of carboxylic acid groups (broad SMARTS) is 2. The van der Waals surface area contributed by atoms with E-state index in [0.29, 0.717) is 17.8 Å². The molecule has 1 saturated heterocycles. The number of thiazole rings is 1. The zero-order valence-electron chi connectivity index (χ0n) is 13.0. The van der Waals surface area contributed by atoms with Crippen LogP contribution in [-0.2, 0) is 11.3 Å². The van der Waals surface area contributed by atoms with Crippen molar-refractivity contribution < 1.29 is 19.8 Å². The number of rotatable bonds is 5. The maximum absolute atomic E-state index is 11.0. The van der Waals surface area contributed by atoms with Crippen LogP contribution in [0.1, 0.15) is 28.9 Å². The summed E-state index contributed by atoms with van der Waals surface area (Å²) < 4.78 is 0. The molecule has 6 nitrogen and oxygen atoms in total. The Morgan fingerprint density at radius 3 is 2.38 bits per heavy atom. The first-order valence-corrected chi connectivity index (χ1v) is 8.64. The summed E-state index contributed by atoms with van der Waals surface area (Å²) in [5, 5.41) is 20.2. The third-order valence-corrected chi connectivity index (χ3v) is 5.16. The lowest BCUT2D eigenvalue weighted by Gasteiger charge is -2.30. The van der Waals surface area contributed by atoms with Gasteiger partial charge in [-0.1, -0.05) is 24.3 Å².